The van der Waals surface area contributed by atoms with Gasteiger partial charge in [-0.1, -0.05) is 47.6 Å². The van der Waals surface area contributed by atoms with Gasteiger partial charge < -0.3 is 15.7 Å². The summed E-state index contributed by atoms with van der Waals surface area (Å²) in [5.74, 6) is 0.455. The number of rotatable bonds is 1. The largest absolute Gasteiger partial charge is 0.507 e. The maximum atomic E-state index is 10.8. The molecule has 1 aliphatic rings. The highest BCUT2D eigenvalue weighted by Gasteiger charge is 2.28. The van der Waals surface area contributed by atoms with Gasteiger partial charge in [-0.3, -0.25) is 0 Å². The third-order valence-electron chi connectivity index (χ3n) is 4.23. The summed E-state index contributed by atoms with van der Waals surface area (Å²) in [6.07, 6.45) is 0. The molecule has 2 rings (SSSR count). The first kappa shape index (κ1) is 16.3. The van der Waals surface area contributed by atoms with Crippen molar-refractivity contribution in [2.45, 2.75) is 58.4 Å². The minimum absolute atomic E-state index is 0.0673. The molecule has 1 heterocycles. The van der Waals surface area contributed by atoms with E-state index in [0.29, 0.717) is 5.75 Å². The minimum Gasteiger partial charge on any atom is -0.507 e. The highest BCUT2D eigenvalue weighted by atomic mass is 16.3. The molecule has 3 N–H and O–H groups in total. The molecule has 1 aromatic rings. The molecular formula is C18H30N2O. The van der Waals surface area contributed by atoms with E-state index in [2.05, 4.69) is 64.3 Å². The van der Waals surface area contributed by atoms with Crippen molar-refractivity contribution in [1.29, 1.82) is 0 Å². The van der Waals surface area contributed by atoms with Gasteiger partial charge >= 0.3 is 0 Å². The number of piperazine rings is 1. The van der Waals surface area contributed by atoms with E-state index in [4.69, 9.17) is 0 Å². The van der Waals surface area contributed by atoms with E-state index in [-0.39, 0.29) is 16.9 Å². The lowest BCUT2D eigenvalue weighted by atomic mass is 9.78. The summed E-state index contributed by atoms with van der Waals surface area (Å²) in [7, 11) is 0. The Hall–Kier alpha value is -1.06. The summed E-state index contributed by atoms with van der Waals surface area (Å²) in [5, 5.41) is 17.7. The molecule has 0 saturated carbocycles. The first-order valence-electron chi connectivity index (χ1n) is 7.92. The van der Waals surface area contributed by atoms with Gasteiger partial charge in [0.05, 0.1) is 0 Å². The molecule has 1 fully saturated rings. The summed E-state index contributed by atoms with van der Waals surface area (Å²) in [4.78, 5) is 0. The second-order valence-corrected chi connectivity index (χ2v) is 8.17. The standard InChI is InChI=1S/C18H30N2O/c1-17(2,3)12-9-13(15-11-19-7-8-20-15)16(21)14(10-12)18(4,5)6/h9-10,15,19-21H,7-8,11H2,1-6H3/t15-/m0/s1. The molecule has 21 heavy (non-hydrogen) atoms. The van der Waals surface area contributed by atoms with Crippen molar-refractivity contribution in [3.05, 3.63) is 28.8 Å². The van der Waals surface area contributed by atoms with Crippen molar-refractivity contribution >= 4 is 0 Å². The molecular weight excluding hydrogens is 260 g/mol. The zero-order chi connectivity index (χ0) is 15.8. The van der Waals surface area contributed by atoms with Gasteiger partial charge in [0.1, 0.15) is 5.75 Å². The van der Waals surface area contributed by atoms with Crippen LogP contribution in [0.1, 0.15) is 64.3 Å². The molecule has 0 aliphatic carbocycles. The third-order valence-corrected chi connectivity index (χ3v) is 4.23. The Kier molecular flexibility index (Phi) is 4.36. The predicted molar refractivity (Wildman–Crippen MR) is 89.1 cm³/mol. The number of hydrogen-bond donors (Lipinski definition) is 3. The average molecular weight is 290 g/mol. The molecule has 0 aromatic heterocycles. The Morgan fingerprint density at radius 3 is 2.14 bits per heavy atom. The highest BCUT2D eigenvalue weighted by Crippen LogP contribution is 2.39. The van der Waals surface area contributed by atoms with Crippen LogP contribution < -0.4 is 10.6 Å². The van der Waals surface area contributed by atoms with Crippen LogP contribution in [0.5, 0.6) is 5.75 Å². The van der Waals surface area contributed by atoms with E-state index in [0.717, 1.165) is 30.8 Å². The van der Waals surface area contributed by atoms with E-state index in [9.17, 15) is 5.11 Å². The van der Waals surface area contributed by atoms with Crippen molar-refractivity contribution in [2.75, 3.05) is 19.6 Å². The molecule has 0 spiro atoms. The maximum Gasteiger partial charge on any atom is 0.124 e. The summed E-state index contributed by atoms with van der Waals surface area (Å²) in [6, 6.07) is 4.53. The van der Waals surface area contributed by atoms with Crippen LogP contribution in [0.4, 0.5) is 0 Å². The minimum atomic E-state index is -0.0673. The van der Waals surface area contributed by atoms with Crippen molar-refractivity contribution in [2.24, 2.45) is 0 Å². The lowest BCUT2D eigenvalue weighted by molar-refractivity contribution is 0.393. The lowest BCUT2D eigenvalue weighted by Crippen LogP contribution is -2.42. The Balaban J connectivity index is 2.57. The Morgan fingerprint density at radius 2 is 1.67 bits per heavy atom. The van der Waals surface area contributed by atoms with Gasteiger partial charge in [0, 0.05) is 31.2 Å². The fraction of sp³-hybridized carbons (Fsp3) is 0.667. The summed E-state index contributed by atoms with van der Waals surface area (Å²) in [5.41, 5.74) is 3.36. The highest BCUT2D eigenvalue weighted by molar-refractivity contribution is 5.50. The SMILES string of the molecule is CC(C)(C)c1cc([C@@H]2CNCCN2)c(O)c(C(C)(C)C)c1. The molecule has 1 aromatic carbocycles. The first-order chi connectivity index (χ1) is 9.60. The number of aromatic hydroxyl groups is 1. The predicted octanol–water partition coefficient (Wildman–Crippen LogP) is 3.22. The fourth-order valence-electron chi connectivity index (χ4n) is 2.80. The Bertz CT molecular complexity index is 503. The molecule has 3 nitrogen and oxygen atoms in total. The zero-order valence-electron chi connectivity index (χ0n) is 14.3. The molecule has 0 unspecified atom stereocenters. The van der Waals surface area contributed by atoms with Crippen LogP contribution in [0.25, 0.3) is 0 Å². The van der Waals surface area contributed by atoms with Gasteiger partial charge in [-0.05, 0) is 28.0 Å². The van der Waals surface area contributed by atoms with Gasteiger partial charge in [0.15, 0.2) is 0 Å². The second-order valence-electron chi connectivity index (χ2n) is 8.17. The lowest BCUT2D eigenvalue weighted by Gasteiger charge is -2.31. The van der Waals surface area contributed by atoms with Crippen molar-refractivity contribution < 1.29 is 5.11 Å². The van der Waals surface area contributed by atoms with Crippen LogP contribution in [0.2, 0.25) is 0 Å². The number of benzene rings is 1. The molecule has 118 valence electrons. The Morgan fingerprint density at radius 1 is 1.00 bits per heavy atom. The van der Waals surface area contributed by atoms with Gasteiger partial charge in [-0.15, -0.1) is 0 Å². The van der Waals surface area contributed by atoms with Crippen LogP contribution in [-0.2, 0) is 10.8 Å². The molecule has 3 heteroatoms. The van der Waals surface area contributed by atoms with Crippen molar-refractivity contribution in [3.63, 3.8) is 0 Å². The van der Waals surface area contributed by atoms with Gasteiger partial charge in [0.2, 0.25) is 0 Å². The van der Waals surface area contributed by atoms with Crippen LogP contribution in [0, 0.1) is 0 Å². The van der Waals surface area contributed by atoms with E-state index >= 15 is 0 Å². The van der Waals surface area contributed by atoms with Crippen molar-refractivity contribution in [3.8, 4) is 5.75 Å². The second kappa shape index (κ2) is 5.62. The van der Waals surface area contributed by atoms with Crippen LogP contribution in [0.3, 0.4) is 0 Å². The molecule has 1 aliphatic heterocycles. The summed E-state index contributed by atoms with van der Waals surface area (Å²) in [6.45, 7) is 15.9. The van der Waals surface area contributed by atoms with Gasteiger partial charge in [0.25, 0.3) is 0 Å². The summed E-state index contributed by atoms with van der Waals surface area (Å²) >= 11 is 0. The Labute approximate surface area is 129 Å². The molecule has 0 amide bonds. The van der Waals surface area contributed by atoms with E-state index in [1.165, 1.54) is 5.56 Å². The van der Waals surface area contributed by atoms with Gasteiger partial charge in [-0.2, -0.15) is 0 Å². The quantitative estimate of drug-likeness (QED) is 0.744. The normalized spacial score (nSPS) is 20.6. The number of hydrogen-bond acceptors (Lipinski definition) is 3. The fourth-order valence-corrected chi connectivity index (χ4v) is 2.80. The monoisotopic (exact) mass is 290 g/mol. The van der Waals surface area contributed by atoms with E-state index in [1.54, 1.807) is 0 Å². The number of phenolic OH excluding ortho intramolecular Hbond substituents is 1. The maximum absolute atomic E-state index is 10.8. The van der Waals surface area contributed by atoms with E-state index in [1.807, 2.05) is 0 Å². The first-order valence-corrected chi connectivity index (χ1v) is 7.92. The van der Waals surface area contributed by atoms with Crippen LogP contribution >= 0.6 is 0 Å². The van der Waals surface area contributed by atoms with Crippen molar-refractivity contribution in [1.82, 2.24) is 10.6 Å². The average Bonchev–Trinajstić information content (AvgIpc) is 2.37. The summed E-state index contributed by atoms with van der Waals surface area (Å²) < 4.78 is 0. The molecule has 1 saturated heterocycles. The van der Waals surface area contributed by atoms with Crippen LogP contribution in [0.15, 0.2) is 12.1 Å². The van der Waals surface area contributed by atoms with E-state index < -0.39 is 0 Å². The third kappa shape index (κ3) is 3.58. The number of nitrogens with one attached hydrogen (secondary N) is 2. The topological polar surface area (TPSA) is 44.3 Å². The molecule has 0 bridgehead atoms. The molecule has 0 radical (unpaired) electrons. The number of phenols is 1. The van der Waals surface area contributed by atoms with Crippen LogP contribution in [-0.4, -0.2) is 24.7 Å². The smallest absolute Gasteiger partial charge is 0.124 e. The molecule has 1 atom stereocenters. The zero-order valence-corrected chi connectivity index (χ0v) is 14.3. The van der Waals surface area contributed by atoms with Gasteiger partial charge in [-0.25, -0.2) is 0 Å².